The highest BCUT2D eigenvalue weighted by atomic mass is 32.2. The fourth-order valence-corrected chi connectivity index (χ4v) is 3.43. The van der Waals surface area contributed by atoms with Gasteiger partial charge in [0, 0.05) is 19.8 Å². The zero-order valence-corrected chi connectivity index (χ0v) is 15.6. The zero-order valence-electron chi connectivity index (χ0n) is 14.8. The smallest absolute Gasteiger partial charge is 0.151 e. The molecule has 0 bridgehead atoms. The van der Waals surface area contributed by atoms with E-state index in [4.69, 9.17) is 4.74 Å². The van der Waals surface area contributed by atoms with Crippen LogP contribution in [0.3, 0.4) is 0 Å². The highest BCUT2D eigenvalue weighted by Crippen LogP contribution is 2.19. The maximum absolute atomic E-state index is 12.7. The summed E-state index contributed by atoms with van der Waals surface area (Å²) in [5.41, 5.74) is 2.32. The van der Waals surface area contributed by atoms with Crippen LogP contribution < -0.4 is 10.0 Å². The fourth-order valence-electron chi connectivity index (χ4n) is 2.37. The summed E-state index contributed by atoms with van der Waals surface area (Å²) in [6, 6.07) is 6.53. The molecule has 5 heteroatoms. The Kier molecular flexibility index (Phi) is 8.95. The molecule has 0 saturated carbocycles. The molecule has 0 aliphatic carbocycles. The molecule has 0 radical (unpaired) electrons. The van der Waals surface area contributed by atoms with Crippen LogP contribution in [0.25, 0.3) is 0 Å². The quantitative estimate of drug-likeness (QED) is 0.609. The monoisotopic (exact) mass is 338 g/mol. The van der Waals surface area contributed by atoms with Gasteiger partial charge in [0.2, 0.25) is 0 Å². The number of hydrogen-bond acceptors (Lipinski definition) is 3. The summed E-state index contributed by atoms with van der Waals surface area (Å²) >= 11 is 0. The number of hydrogen-bond donors (Lipinski definition) is 2. The van der Waals surface area contributed by atoms with Gasteiger partial charge in [-0.05, 0) is 50.3 Å². The number of methoxy groups -OCH3 is 1. The van der Waals surface area contributed by atoms with Gasteiger partial charge in [0.25, 0.3) is 0 Å². The lowest BCUT2D eigenvalue weighted by Gasteiger charge is -2.16. The molecular formula is C18H30N2O2S. The largest absolute Gasteiger partial charge is 0.385 e. The van der Waals surface area contributed by atoms with Crippen LogP contribution in [0.2, 0.25) is 0 Å². The van der Waals surface area contributed by atoms with Crippen LogP contribution in [0.5, 0.6) is 0 Å². The van der Waals surface area contributed by atoms with Crippen molar-refractivity contribution in [3.8, 4) is 0 Å². The molecule has 0 aliphatic heterocycles. The van der Waals surface area contributed by atoms with Crippen molar-refractivity contribution < 1.29 is 8.95 Å². The van der Waals surface area contributed by atoms with Crippen molar-refractivity contribution in [2.75, 3.05) is 13.7 Å². The molecule has 0 saturated heterocycles. The SMILES string of the molecule is C=C(NC(C)C)NS(=O)c1cc(CCC)ccc1CCCOC. The molecule has 4 nitrogen and oxygen atoms in total. The third-order valence-corrected chi connectivity index (χ3v) is 4.55. The van der Waals surface area contributed by atoms with Crippen LogP contribution >= 0.6 is 0 Å². The van der Waals surface area contributed by atoms with Crippen molar-refractivity contribution in [3.05, 3.63) is 41.7 Å². The van der Waals surface area contributed by atoms with Crippen molar-refractivity contribution in [1.29, 1.82) is 0 Å². The van der Waals surface area contributed by atoms with Crippen LogP contribution in [0.4, 0.5) is 0 Å². The van der Waals surface area contributed by atoms with Gasteiger partial charge in [-0.25, -0.2) is 4.21 Å². The fraction of sp³-hybridized carbons (Fsp3) is 0.556. The molecule has 1 rings (SSSR count). The third-order valence-electron chi connectivity index (χ3n) is 3.34. The average molecular weight is 339 g/mol. The summed E-state index contributed by atoms with van der Waals surface area (Å²) in [4.78, 5) is 0.846. The summed E-state index contributed by atoms with van der Waals surface area (Å²) in [7, 11) is 0.387. The predicted molar refractivity (Wildman–Crippen MR) is 97.6 cm³/mol. The summed E-state index contributed by atoms with van der Waals surface area (Å²) in [6.07, 6.45) is 3.84. The number of rotatable bonds is 11. The Balaban J connectivity index is 2.91. The first-order chi connectivity index (χ1) is 11.0. The van der Waals surface area contributed by atoms with Crippen LogP contribution in [0, 0.1) is 0 Å². The minimum Gasteiger partial charge on any atom is -0.385 e. The van der Waals surface area contributed by atoms with Crippen LogP contribution in [-0.2, 0) is 28.6 Å². The molecule has 0 fully saturated rings. The normalized spacial score (nSPS) is 12.2. The van der Waals surface area contributed by atoms with E-state index in [1.165, 1.54) is 5.56 Å². The minimum absolute atomic E-state index is 0.250. The van der Waals surface area contributed by atoms with Gasteiger partial charge in [0.1, 0.15) is 5.82 Å². The Hall–Kier alpha value is -1.33. The lowest BCUT2D eigenvalue weighted by Crippen LogP contribution is -2.31. The van der Waals surface area contributed by atoms with Crippen LogP contribution in [0.15, 0.2) is 35.5 Å². The molecular weight excluding hydrogens is 308 g/mol. The summed E-state index contributed by atoms with van der Waals surface area (Å²) in [5, 5.41) is 3.14. The number of ether oxygens (including phenoxy) is 1. The van der Waals surface area contributed by atoms with Crippen molar-refractivity contribution in [2.24, 2.45) is 0 Å². The van der Waals surface area contributed by atoms with Crippen molar-refractivity contribution in [3.63, 3.8) is 0 Å². The maximum atomic E-state index is 12.7. The Morgan fingerprint density at radius 1 is 1.35 bits per heavy atom. The average Bonchev–Trinajstić information content (AvgIpc) is 2.48. The van der Waals surface area contributed by atoms with E-state index in [1.807, 2.05) is 13.8 Å². The predicted octanol–water partition coefficient (Wildman–Crippen LogP) is 3.30. The molecule has 0 amide bonds. The Labute approximate surface area is 143 Å². The highest BCUT2D eigenvalue weighted by molar-refractivity contribution is 7.83. The first-order valence-corrected chi connectivity index (χ1v) is 9.37. The number of aryl methyl sites for hydroxylation is 2. The lowest BCUT2D eigenvalue weighted by molar-refractivity contribution is 0.195. The molecule has 1 unspecified atom stereocenters. The van der Waals surface area contributed by atoms with Gasteiger partial charge >= 0.3 is 0 Å². The topological polar surface area (TPSA) is 50.4 Å². The second-order valence-electron chi connectivity index (χ2n) is 5.94. The molecule has 0 spiro atoms. The van der Waals surface area contributed by atoms with Gasteiger partial charge in [0.05, 0.1) is 4.90 Å². The van der Waals surface area contributed by atoms with E-state index in [1.54, 1.807) is 7.11 Å². The third kappa shape index (κ3) is 7.18. The maximum Gasteiger partial charge on any atom is 0.151 e. The van der Waals surface area contributed by atoms with Gasteiger partial charge in [-0.2, -0.15) is 0 Å². The minimum atomic E-state index is -1.31. The molecule has 2 N–H and O–H groups in total. The van der Waals surface area contributed by atoms with Crippen molar-refractivity contribution in [2.45, 2.75) is 57.4 Å². The standard InChI is InChI=1S/C18H30N2O2S/c1-6-8-16-10-11-17(9-7-12-22-5)18(13-16)23(21)20-15(4)19-14(2)3/h10-11,13-14,19-20H,4,6-9,12H2,1-3,5H3. The van der Waals surface area contributed by atoms with Gasteiger partial charge in [-0.15, -0.1) is 0 Å². The van der Waals surface area contributed by atoms with E-state index in [0.717, 1.165) is 36.1 Å². The molecule has 23 heavy (non-hydrogen) atoms. The van der Waals surface area contributed by atoms with Crippen molar-refractivity contribution in [1.82, 2.24) is 10.0 Å². The van der Waals surface area contributed by atoms with E-state index in [0.29, 0.717) is 12.4 Å². The van der Waals surface area contributed by atoms with Gasteiger partial charge in [0.15, 0.2) is 11.0 Å². The second-order valence-corrected chi connectivity index (χ2v) is 7.12. The van der Waals surface area contributed by atoms with Crippen LogP contribution in [0.1, 0.15) is 44.7 Å². The highest BCUT2D eigenvalue weighted by Gasteiger charge is 2.12. The Morgan fingerprint density at radius 2 is 2.09 bits per heavy atom. The molecule has 1 aromatic rings. The van der Waals surface area contributed by atoms with E-state index in [2.05, 4.69) is 41.7 Å². The second kappa shape index (κ2) is 10.4. The Morgan fingerprint density at radius 3 is 2.70 bits per heavy atom. The molecule has 0 heterocycles. The molecule has 1 atom stereocenters. The van der Waals surface area contributed by atoms with E-state index in [9.17, 15) is 4.21 Å². The Bertz CT molecular complexity index is 530. The molecule has 0 aromatic heterocycles. The van der Waals surface area contributed by atoms with Gasteiger partial charge < -0.3 is 10.1 Å². The van der Waals surface area contributed by atoms with E-state index < -0.39 is 11.0 Å². The molecule has 1 aromatic carbocycles. The molecule has 0 aliphatic rings. The van der Waals surface area contributed by atoms with Crippen molar-refractivity contribution >= 4 is 11.0 Å². The summed E-state index contributed by atoms with van der Waals surface area (Å²) in [6.45, 7) is 10.8. The van der Waals surface area contributed by atoms with Crippen LogP contribution in [-0.4, -0.2) is 24.0 Å². The molecule has 130 valence electrons. The number of nitrogens with one attached hydrogen (secondary N) is 2. The summed E-state index contributed by atoms with van der Waals surface area (Å²) < 4.78 is 20.8. The van der Waals surface area contributed by atoms with Gasteiger partial charge in [-0.1, -0.05) is 32.1 Å². The summed E-state index contributed by atoms with van der Waals surface area (Å²) in [5.74, 6) is 0.585. The number of benzene rings is 1. The van der Waals surface area contributed by atoms with E-state index >= 15 is 0 Å². The van der Waals surface area contributed by atoms with Gasteiger partial charge in [-0.3, -0.25) is 4.72 Å². The first kappa shape index (κ1) is 19.7. The van der Waals surface area contributed by atoms with E-state index in [-0.39, 0.29) is 6.04 Å². The zero-order chi connectivity index (χ0) is 17.2. The lowest BCUT2D eigenvalue weighted by atomic mass is 10.0. The first-order valence-electron chi connectivity index (χ1n) is 8.22.